The number of hydrogen-bond acceptors (Lipinski definition) is 2. The van der Waals surface area contributed by atoms with Gasteiger partial charge in [0.1, 0.15) is 0 Å². The number of hydrogen-bond donors (Lipinski definition) is 1. The molecule has 0 amide bonds. The first-order chi connectivity index (χ1) is 7.36. The van der Waals surface area contributed by atoms with Crippen LogP contribution in [0.5, 0.6) is 0 Å². The molecular formula is C13H23NS. The Kier molecular flexibility index (Phi) is 2.99. The first-order valence-corrected chi connectivity index (χ1v) is 7.94. The Hall–Kier alpha value is 0.310. The van der Waals surface area contributed by atoms with Crippen molar-refractivity contribution in [3.63, 3.8) is 0 Å². The summed E-state index contributed by atoms with van der Waals surface area (Å²) in [6.07, 6.45) is 12.6. The molecule has 15 heavy (non-hydrogen) atoms. The van der Waals surface area contributed by atoms with Gasteiger partial charge in [-0.05, 0) is 63.0 Å². The van der Waals surface area contributed by atoms with Crippen molar-refractivity contribution < 1.29 is 0 Å². The maximum atomic E-state index is 3.99. The van der Waals surface area contributed by atoms with Gasteiger partial charge in [-0.15, -0.1) is 0 Å². The van der Waals surface area contributed by atoms with Gasteiger partial charge in [-0.2, -0.15) is 11.8 Å². The molecule has 86 valence electrons. The van der Waals surface area contributed by atoms with E-state index in [4.69, 9.17) is 0 Å². The maximum absolute atomic E-state index is 3.99. The zero-order valence-corrected chi connectivity index (χ0v) is 10.6. The highest BCUT2D eigenvalue weighted by Crippen LogP contribution is 2.45. The van der Waals surface area contributed by atoms with E-state index in [9.17, 15) is 0 Å². The molecule has 0 aromatic heterocycles. The molecule has 3 saturated carbocycles. The van der Waals surface area contributed by atoms with Crippen LogP contribution in [0.4, 0.5) is 0 Å². The van der Waals surface area contributed by atoms with Gasteiger partial charge in [0.2, 0.25) is 0 Å². The summed E-state index contributed by atoms with van der Waals surface area (Å²) in [5, 5.41) is 4.94. The van der Waals surface area contributed by atoms with E-state index >= 15 is 0 Å². The lowest BCUT2D eigenvalue weighted by molar-refractivity contribution is 0.363. The van der Waals surface area contributed by atoms with Crippen molar-refractivity contribution in [2.24, 2.45) is 11.8 Å². The molecule has 0 unspecified atom stereocenters. The Balaban J connectivity index is 1.50. The van der Waals surface area contributed by atoms with Gasteiger partial charge < -0.3 is 5.32 Å². The number of nitrogens with one attached hydrogen (secondary N) is 1. The SMILES string of the molecule is CS[C@H]1CC[C@H](NC(C2CC2)C2CC2)C1. The molecule has 0 aromatic carbocycles. The monoisotopic (exact) mass is 225 g/mol. The van der Waals surface area contributed by atoms with Gasteiger partial charge in [-0.3, -0.25) is 0 Å². The van der Waals surface area contributed by atoms with Gasteiger partial charge in [-0.25, -0.2) is 0 Å². The van der Waals surface area contributed by atoms with Gasteiger partial charge in [0.15, 0.2) is 0 Å². The third kappa shape index (κ3) is 2.52. The van der Waals surface area contributed by atoms with Crippen LogP contribution in [0.15, 0.2) is 0 Å². The number of thioether (sulfide) groups is 1. The predicted molar refractivity (Wildman–Crippen MR) is 67.3 cm³/mol. The summed E-state index contributed by atoms with van der Waals surface area (Å²) < 4.78 is 0. The van der Waals surface area contributed by atoms with E-state index in [-0.39, 0.29) is 0 Å². The Morgan fingerprint density at radius 1 is 1.00 bits per heavy atom. The molecule has 2 heteroatoms. The van der Waals surface area contributed by atoms with Crippen molar-refractivity contribution in [1.82, 2.24) is 5.32 Å². The average molecular weight is 225 g/mol. The largest absolute Gasteiger partial charge is 0.311 e. The number of rotatable bonds is 5. The fraction of sp³-hybridized carbons (Fsp3) is 1.00. The highest BCUT2D eigenvalue weighted by atomic mass is 32.2. The van der Waals surface area contributed by atoms with Gasteiger partial charge in [-0.1, -0.05) is 0 Å². The summed E-state index contributed by atoms with van der Waals surface area (Å²) in [6, 6.07) is 1.77. The van der Waals surface area contributed by atoms with E-state index in [0.29, 0.717) is 0 Å². The Labute approximate surface area is 97.8 Å². The molecule has 3 fully saturated rings. The molecule has 1 N–H and O–H groups in total. The van der Waals surface area contributed by atoms with Gasteiger partial charge in [0.05, 0.1) is 0 Å². The summed E-state index contributed by atoms with van der Waals surface area (Å²) in [5.41, 5.74) is 0. The van der Waals surface area contributed by atoms with Crippen LogP contribution in [0.3, 0.4) is 0 Å². The standard InChI is InChI=1S/C13H23NS/c1-15-12-7-6-11(8-12)14-13(9-2-3-9)10-4-5-10/h9-14H,2-8H2,1H3/t11-,12-/m0/s1. The van der Waals surface area contributed by atoms with Crippen molar-refractivity contribution >= 4 is 11.8 Å². The van der Waals surface area contributed by atoms with E-state index in [1.54, 1.807) is 0 Å². The molecule has 3 rings (SSSR count). The molecule has 2 atom stereocenters. The van der Waals surface area contributed by atoms with Gasteiger partial charge in [0.25, 0.3) is 0 Å². The van der Waals surface area contributed by atoms with E-state index in [1.807, 2.05) is 0 Å². The average Bonchev–Trinajstić information content (AvgIpc) is 3.14. The van der Waals surface area contributed by atoms with Gasteiger partial charge >= 0.3 is 0 Å². The maximum Gasteiger partial charge on any atom is 0.0126 e. The van der Waals surface area contributed by atoms with Gasteiger partial charge in [0, 0.05) is 17.3 Å². The zero-order chi connectivity index (χ0) is 10.3. The van der Waals surface area contributed by atoms with Crippen LogP contribution in [-0.4, -0.2) is 23.6 Å². The smallest absolute Gasteiger partial charge is 0.0126 e. The lowest BCUT2D eigenvalue weighted by atomic mass is 10.1. The van der Waals surface area contributed by atoms with Crippen LogP contribution in [-0.2, 0) is 0 Å². The molecule has 0 heterocycles. The third-order valence-corrected chi connectivity index (χ3v) is 5.50. The molecule has 0 saturated heterocycles. The second-order valence-corrected chi connectivity index (χ2v) is 6.87. The quantitative estimate of drug-likeness (QED) is 0.772. The second-order valence-electron chi connectivity index (χ2n) is 5.73. The highest BCUT2D eigenvalue weighted by Gasteiger charge is 2.42. The minimum Gasteiger partial charge on any atom is -0.311 e. The van der Waals surface area contributed by atoms with Crippen molar-refractivity contribution in [2.75, 3.05) is 6.26 Å². The second kappa shape index (κ2) is 4.29. The fourth-order valence-corrected chi connectivity index (χ4v) is 3.94. The van der Waals surface area contributed by atoms with E-state index in [2.05, 4.69) is 23.3 Å². The van der Waals surface area contributed by atoms with E-state index in [1.165, 1.54) is 44.9 Å². The normalized spacial score (nSPS) is 36.4. The van der Waals surface area contributed by atoms with Crippen molar-refractivity contribution in [1.29, 1.82) is 0 Å². The molecular weight excluding hydrogens is 202 g/mol. The Bertz CT molecular complexity index is 211. The topological polar surface area (TPSA) is 12.0 Å². The van der Waals surface area contributed by atoms with Crippen molar-refractivity contribution in [2.45, 2.75) is 62.3 Å². The minimum atomic E-state index is 0.855. The van der Waals surface area contributed by atoms with Crippen LogP contribution in [0, 0.1) is 11.8 Å². The molecule has 0 bridgehead atoms. The fourth-order valence-electron chi connectivity index (χ4n) is 3.15. The first-order valence-electron chi connectivity index (χ1n) is 6.65. The molecule has 3 aliphatic rings. The Morgan fingerprint density at radius 2 is 1.67 bits per heavy atom. The summed E-state index contributed by atoms with van der Waals surface area (Å²) in [7, 11) is 0. The lowest BCUT2D eigenvalue weighted by Crippen LogP contribution is -2.40. The van der Waals surface area contributed by atoms with E-state index in [0.717, 1.165) is 29.2 Å². The molecule has 0 spiro atoms. The highest BCUT2D eigenvalue weighted by molar-refractivity contribution is 7.99. The molecule has 0 aliphatic heterocycles. The zero-order valence-electron chi connectivity index (χ0n) is 9.74. The first kappa shape index (κ1) is 10.5. The summed E-state index contributed by atoms with van der Waals surface area (Å²) >= 11 is 2.07. The molecule has 3 aliphatic carbocycles. The summed E-state index contributed by atoms with van der Waals surface area (Å²) in [4.78, 5) is 0. The Morgan fingerprint density at radius 3 is 2.13 bits per heavy atom. The summed E-state index contributed by atoms with van der Waals surface area (Å²) in [5.74, 6) is 2.12. The minimum absolute atomic E-state index is 0.855. The van der Waals surface area contributed by atoms with Crippen LogP contribution >= 0.6 is 11.8 Å². The van der Waals surface area contributed by atoms with Crippen LogP contribution in [0.1, 0.15) is 44.9 Å². The van der Waals surface area contributed by atoms with E-state index < -0.39 is 0 Å². The lowest BCUT2D eigenvalue weighted by Gasteiger charge is -2.22. The third-order valence-electron chi connectivity index (χ3n) is 4.41. The van der Waals surface area contributed by atoms with Crippen LogP contribution in [0.25, 0.3) is 0 Å². The molecule has 0 aromatic rings. The van der Waals surface area contributed by atoms with Crippen molar-refractivity contribution in [3.8, 4) is 0 Å². The van der Waals surface area contributed by atoms with Crippen LogP contribution in [0.2, 0.25) is 0 Å². The predicted octanol–water partition coefficient (Wildman–Crippen LogP) is 3.05. The van der Waals surface area contributed by atoms with Crippen molar-refractivity contribution in [3.05, 3.63) is 0 Å². The molecule has 0 radical (unpaired) electrons. The van der Waals surface area contributed by atoms with Crippen LogP contribution < -0.4 is 5.32 Å². The summed E-state index contributed by atoms with van der Waals surface area (Å²) in [6.45, 7) is 0. The molecule has 1 nitrogen and oxygen atoms in total.